The highest BCUT2D eigenvalue weighted by atomic mass is 16.7. The SMILES string of the molecule is COc1cc(C2c3cc4c(cc3N=C3C2C(=O)OC3(C)C)OCO4)cc(OC)c1OC. The minimum atomic E-state index is -0.811. The van der Waals surface area contributed by atoms with E-state index in [2.05, 4.69) is 0 Å². The molecule has 31 heavy (non-hydrogen) atoms. The fourth-order valence-corrected chi connectivity index (χ4v) is 4.61. The number of hydrogen-bond donors (Lipinski definition) is 0. The van der Waals surface area contributed by atoms with Crippen molar-refractivity contribution < 1.29 is 33.2 Å². The first kappa shape index (κ1) is 19.5. The van der Waals surface area contributed by atoms with E-state index in [1.165, 1.54) is 0 Å². The van der Waals surface area contributed by atoms with Crippen LogP contribution in [0, 0.1) is 5.92 Å². The zero-order chi connectivity index (χ0) is 21.9. The number of fused-ring (bicyclic) bond motifs is 3. The molecule has 0 spiro atoms. The maximum atomic E-state index is 13.0. The van der Waals surface area contributed by atoms with Crippen LogP contribution in [-0.4, -0.2) is 45.4 Å². The number of carbonyl (C=O) groups excluding carboxylic acids is 1. The van der Waals surface area contributed by atoms with Crippen molar-refractivity contribution in [3.05, 3.63) is 35.4 Å². The molecule has 8 nitrogen and oxygen atoms in total. The van der Waals surface area contributed by atoms with Crippen LogP contribution in [0.5, 0.6) is 28.7 Å². The van der Waals surface area contributed by atoms with Crippen LogP contribution in [0.2, 0.25) is 0 Å². The molecular formula is C23H23NO7. The second-order valence-electron chi connectivity index (χ2n) is 8.11. The van der Waals surface area contributed by atoms with Gasteiger partial charge in [-0.15, -0.1) is 0 Å². The second-order valence-corrected chi connectivity index (χ2v) is 8.11. The van der Waals surface area contributed by atoms with Gasteiger partial charge in [0.25, 0.3) is 0 Å². The maximum absolute atomic E-state index is 13.0. The van der Waals surface area contributed by atoms with Gasteiger partial charge >= 0.3 is 5.97 Å². The average Bonchev–Trinajstić information content (AvgIpc) is 3.30. The van der Waals surface area contributed by atoms with Gasteiger partial charge < -0.3 is 28.4 Å². The molecule has 3 aliphatic rings. The standard InChI is InChI=1S/C23H23NO7/c1-23(2)21-19(22(25)31-23)18(11-6-16(26-3)20(28-5)17(7-11)27-4)12-8-14-15(30-10-29-14)9-13(12)24-21/h6-9,18-19H,10H2,1-5H3. The van der Waals surface area contributed by atoms with Gasteiger partial charge in [-0.1, -0.05) is 0 Å². The molecule has 2 aromatic rings. The summed E-state index contributed by atoms with van der Waals surface area (Å²) in [5.41, 5.74) is 2.26. The highest BCUT2D eigenvalue weighted by molar-refractivity contribution is 6.14. The van der Waals surface area contributed by atoms with Crippen molar-refractivity contribution in [1.29, 1.82) is 0 Å². The summed E-state index contributed by atoms with van der Waals surface area (Å²) < 4.78 is 33.4. The highest BCUT2D eigenvalue weighted by Gasteiger charge is 2.53. The average molecular weight is 425 g/mol. The summed E-state index contributed by atoms with van der Waals surface area (Å²) in [5.74, 6) is 1.49. The Bertz CT molecular complexity index is 1100. The van der Waals surface area contributed by atoms with E-state index in [0.29, 0.717) is 34.5 Å². The third-order valence-electron chi connectivity index (χ3n) is 6.00. The number of esters is 1. The molecule has 0 aromatic heterocycles. The largest absolute Gasteiger partial charge is 0.493 e. The summed E-state index contributed by atoms with van der Waals surface area (Å²) >= 11 is 0. The molecule has 3 heterocycles. The molecule has 3 aliphatic heterocycles. The van der Waals surface area contributed by atoms with E-state index in [9.17, 15) is 4.79 Å². The molecule has 0 aliphatic carbocycles. The van der Waals surface area contributed by atoms with Crippen LogP contribution in [0.25, 0.3) is 0 Å². The predicted octanol–water partition coefficient (Wildman–Crippen LogP) is 3.61. The molecule has 2 unspecified atom stereocenters. The molecule has 0 saturated carbocycles. The monoisotopic (exact) mass is 425 g/mol. The molecular weight excluding hydrogens is 402 g/mol. The number of rotatable bonds is 4. The van der Waals surface area contributed by atoms with Crippen LogP contribution in [0.3, 0.4) is 0 Å². The van der Waals surface area contributed by atoms with Crippen molar-refractivity contribution in [2.45, 2.75) is 25.4 Å². The van der Waals surface area contributed by atoms with E-state index >= 15 is 0 Å². The summed E-state index contributed by atoms with van der Waals surface area (Å²) in [5, 5.41) is 0. The summed E-state index contributed by atoms with van der Waals surface area (Å²) in [7, 11) is 4.68. The van der Waals surface area contributed by atoms with E-state index in [1.54, 1.807) is 21.3 Å². The third-order valence-corrected chi connectivity index (χ3v) is 6.00. The lowest BCUT2D eigenvalue weighted by Crippen LogP contribution is -2.35. The van der Waals surface area contributed by atoms with E-state index in [1.807, 2.05) is 38.1 Å². The second kappa shape index (κ2) is 6.80. The number of hydrogen-bond acceptors (Lipinski definition) is 8. The zero-order valence-electron chi connectivity index (χ0n) is 18.0. The number of cyclic esters (lactones) is 1. The number of aliphatic imine (C=N–C) groups is 1. The molecule has 2 atom stereocenters. The Morgan fingerprint density at radius 3 is 2.19 bits per heavy atom. The van der Waals surface area contributed by atoms with Gasteiger partial charge in [0.1, 0.15) is 11.5 Å². The number of carbonyl (C=O) groups is 1. The molecule has 0 amide bonds. The van der Waals surface area contributed by atoms with Crippen molar-refractivity contribution in [3.8, 4) is 28.7 Å². The van der Waals surface area contributed by atoms with Gasteiger partial charge in [-0.2, -0.15) is 0 Å². The molecule has 5 rings (SSSR count). The first-order chi connectivity index (χ1) is 14.9. The van der Waals surface area contributed by atoms with Crippen molar-refractivity contribution >= 4 is 17.4 Å². The first-order valence-electron chi connectivity index (χ1n) is 9.93. The summed E-state index contributed by atoms with van der Waals surface area (Å²) in [6.45, 7) is 3.86. The van der Waals surface area contributed by atoms with Gasteiger partial charge in [0.2, 0.25) is 12.5 Å². The van der Waals surface area contributed by atoms with E-state index in [4.69, 9.17) is 33.4 Å². The zero-order valence-corrected chi connectivity index (χ0v) is 18.0. The van der Waals surface area contributed by atoms with E-state index < -0.39 is 11.5 Å². The van der Waals surface area contributed by atoms with Gasteiger partial charge in [0.15, 0.2) is 23.0 Å². The Balaban J connectivity index is 1.77. The van der Waals surface area contributed by atoms with Gasteiger partial charge in [0, 0.05) is 12.0 Å². The number of nitrogens with zero attached hydrogens (tertiary/aromatic N) is 1. The Morgan fingerprint density at radius 1 is 0.935 bits per heavy atom. The van der Waals surface area contributed by atoms with Gasteiger partial charge in [-0.05, 0) is 43.2 Å². The van der Waals surface area contributed by atoms with E-state index in [0.717, 1.165) is 16.8 Å². The minimum absolute atomic E-state index is 0.153. The lowest BCUT2D eigenvalue weighted by atomic mass is 9.74. The normalized spacial score (nSPS) is 22.2. The lowest BCUT2D eigenvalue weighted by molar-refractivity contribution is -0.148. The maximum Gasteiger partial charge on any atom is 0.316 e. The van der Waals surface area contributed by atoms with Crippen LogP contribution >= 0.6 is 0 Å². The quantitative estimate of drug-likeness (QED) is 0.692. The van der Waals surface area contributed by atoms with Crippen LogP contribution in [0.15, 0.2) is 29.3 Å². The molecule has 1 saturated heterocycles. The molecule has 0 bridgehead atoms. The van der Waals surface area contributed by atoms with Crippen molar-refractivity contribution in [1.82, 2.24) is 0 Å². The lowest BCUT2D eigenvalue weighted by Gasteiger charge is -2.30. The number of benzene rings is 2. The highest BCUT2D eigenvalue weighted by Crippen LogP contribution is 2.53. The molecule has 0 N–H and O–H groups in total. The van der Waals surface area contributed by atoms with Gasteiger partial charge in [-0.25, -0.2) is 0 Å². The summed E-state index contributed by atoms with van der Waals surface area (Å²) in [6, 6.07) is 7.47. The molecule has 0 radical (unpaired) electrons. The Labute approximate surface area is 179 Å². The summed E-state index contributed by atoms with van der Waals surface area (Å²) in [4.78, 5) is 17.9. The van der Waals surface area contributed by atoms with Crippen LogP contribution < -0.4 is 23.7 Å². The van der Waals surface area contributed by atoms with Crippen molar-refractivity contribution in [2.24, 2.45) is 10.9 Å². The van der Waals surface area contributed by atoms with Crippen LogP contribution in [0.4, 0.5) is 5.69 Å². The Morgan fingerprint density at radius 2 is 1.58 bits per heavy atom. The van der Waals surface area contributed by atoms with E-state index in [-0.39, 0.29) is 18.7 Å². The fraction of sp³-hybridized carbons (Fsp3) is 0.391. The Kier molecular flexibility index (Phi) is 4.28. The van der Waals surface area contributed by atoms with Crippen LogP contribution in [-0.2, 0) is 9.53 Å². The molecule has 8 heteroatoms. The van der Waals surface area contributed by atoms with Crippen molar-refractivity contribution in [3.63, 3.8) is 0 Å². The molecule has 2 aromatic carbocycles. The number of ether oxygens (including phenoxy) is 6. The topological polar surface area (TPSA) is 84.8 Å². The molecule has 1 fully saturated rings. The number of methoxy groups -OCH3 is 3. The van der Waals surface area contributed by atoms with Crippen LogP contribution in [0.1, 0.15) is 30.9 Å². The minimum Gasteiger partial charge on any atom is -0.493 e. The Hall–Kier alpha value is -3.42. The van der Waals surface area contributed by atoms with Gasteiger partial charge in [0.05, 0.1) is 32.7 Å². The molecule has 162 valence electrons. The fourth-order valence-electron chi connectivity index (χ4n) is 4.61. The summed E-state index contributed by atoms with van der Waals surface area (Å²) in [6.07, 6.45) is 0. The van der Waals surface area contributed by atoms with Crippen molar-refractivity contribution in [2.75, 3.05) is 28.1 Å². The third kappa shape index (κ3) is 2.81. The predicted molar refractivity (Wildman–Crippen MR) is 111 cm³/mol. The van der Waals surface area contributed by atoms with Gasteiger partial charge in [-0.3, -0.25) is 9.79 Å². The first-order valence-corrected chi connectivity index (χ1v) is 9.93. The smallest absolute Gasteiger partial charge is 0.316 e.